The maximum absolute atomic E-state index is 13.7. The Morgan fingerprint density at radius 1 is 0.485 bits per heavy atom. The monoisotopic (exact) mass is 1050 g/mol. The number of hydrogen-bond acceptors (Lipinski definition) is 10. The number of carbonyl (C=O) groups is 6. The summed E-state index contributed by atoms with van der Waals surface area (Å²) >= 11 is 49.3. The van der Waals surface area contributed by atoms with Gasteiger partial charge in [-0.1, -0.05) is 107 Å². The van der Waals surface area contributed by atoms with E-state index in [1.165, 1.54) is 60.7 Å². The minimum atomic E-state index is -1.63. The molecule has 14 nitrogen and oxygen atoms in total. The first-order valence-corrected chi connectivity index (χ1v) is 22.4. The van der Waals surface area contributed by atoms with Crippen molar-refractivity contribution in [3.05, 3.63) is 135 Å². The van der Waals surface area contributed by atoms with Crippen LogP contribution in [0.1, 0.15) is 59.5 Å². The van der Waals surface area contributed by atoms with E-state index in [9.17, 15) is 28.8 Å². The van der Waals surface area contributed by atoms with Gasteiger partial charge in [-0.2, -0.15) is 20.5 Å². The molecule has 0 radical (unpaired) electrons. The Labute approximate surface area is 417 Å². The van der Waals surface area contributed by atoms with Crippen LogP contribution in [0.2, 0.25) is 40.2 Å². The van der Waals surface area contributed by atoms with E-state index in [0.717, 1.165) is 13.8 Å². The van der Waals surface area contributed by atoms with Crippen molar-refractivity contribution in [2.24, 2.45) is 20.5 Å². The molecule has 2 unspecified atom stereocenters. The number of Topliss-reactive ketones (excluding diaryl/α,β-unsaturated/α-hetero) is 2. The smallest absolute Gasteiger partial charge is 0.258 e. The summed E-state index contributed by atoms with van der Waals surface area (Å²) < 4.78 is 0. The van der Waals surface area contributed by atoms with Crippen molar-refractivity contribution in [1.82, 2.24) is 0 Å². The number of hydrogen-bond donors (Lipinski definition) is 4. The van der Waals surface area contributed by atoms with Gasteiger partial charge in [0.1, 0.15) is 11.4 Å². The van der Waals surface area contributed by atoms with Crippen LogP contribution in [-0.4, -0.2) is 47.3 Å². The molecule has 342 valence electrons. The van der Waals surface area contributed by atoms with Crippen LogP contribution in [-0.2, 0) is 32.0 Å². The highest BCUT2D eigenvalue weighted by Gasteiger charge is 2.27. The summed E-state index contributed by atoms with van der Waals surface area (Å²) in [5.74, 6) is -4.16. The largest absolute Gasteiger partial charge is 0.324 e. The number of rotatable bonds is 16. The molecule has 4 amide bonds. The minimum absolute atomic E-state index is 0.0123. The molecule has 0 saturated heterocycles. The third-order valence-corrected chi connectivity index (χ3v) is 12.6. The van der Waals surface area contributed by atoms with Gasteiger partial charge in [-0.3, -0.25) is 28.8 Å². The lowest BCUT2D eigenvalue weighted by atomic mass is 10.0. The van der Waals surface area contributed by atoms with Crippen molar-refractivity contribution in [2.75, 3.05) is 21.3 Å². The van der Waals surface area contributed by atoms with Crippen LogP contribution in [0.5, 0.6) is 0 Å². The van der Waals surface area contributed by atoms with Crippen molar-refractivity contribution in [3.63, 3.8) is 0 Å². The van der Waals surface area contributed by atoms with Gasteiger partial charge in [-0.05, 0) is 111 Å². The third kappa shape index (κ3) is 12.6. The van der Waals surface area contributed by atoms with Crippen molar-refractivity contribution in [2.45, 2.75) is 52.6 Å². The molecule has 0 heterocycles. The molecule has 0 spiro atoms. The van der Waals surface area contributed by atoms with Gasteiger partial charge < -0.3 is 21.3 Å². The van der Waals surface area contributed by atoms with Gasteiger partial charge in [0, 0.05) is 22.5 Å². The van der Waals surface area contributed by atoms with E-state index in [1.807, 2.05) is 13.8 Å². The van der Waals surface area contributed by atoms with Crippen molar-refractivity contribution in [3.8, 4) is 0 Å². The van der Waals surface area contributed by atoms with E-state index < -0.39 is 47.3 Å². The summed E-state index contributed by atoms with van der Waals surface area (Å²) in [6.07, 6.45) is 0.706. The van der Waals surface area contributed by atoms with Gasteiger partial charge in [0.15, 0.2) is 11.6 Å². The number of anilines is 4. The summed E-state index contributed by atoms with van der Waals surface area (Å²) in [6, 6.07) is 14.0. The van der Waals surface area contributed by atoms with Crippen LogP contribution in [0.15, 0.2) is 93.3 Å². The van der Waals surface area contributed by atoms with Gasteiger partial charge in [0.2, 0.25) is 12.1 Å². The fourth-order valence-electron chi connectivity index (χ4n) is 5.93. The maximum atomic E-state index is 13.7. The van der Waals surface area contributed by atoms with Crippen LogP contribution in [0.3, 0.4) is 0 Å². The Hall–Kier alpha value is -5.16. The number of benzene rings is 5. The van der Waals surface area contributed by atoms with Crippen LogP contribution < -0.4 is 21.3 Å². The number of aryl methyl sites for hydroxylation is 2. The highest BCUT2D eigenvalue weighted by Crippen LogP contribution is 2.38. The zero-order valence-corrected chi connectivity index (χ0v) is 40.8. The lowest BCUT2D eigenvalue weighted by Crippen LogP contribution is -2.33. The third-order valence-electron chi connectivity index (χ3n) is 9.39. The standard InChI is InChI=1S/C44H34Cl8N8O6/c1-5-21-15-25(53-43(65)38(19(3)61)59-57-32-17-23(7-9-26(32)45)41(63)54-30-13-11-28(47)34(49)36(30)51)16-22(6-2)40(21)56-44(66)39(20(4)62)60-58-33-18-24(8-10-27(33)46)42(64)55-31-14-12-29(48)35(50)37(31)52/h7-18,38-39H,5-6H2,1-4H3,(H,53,65)(H,54,63)(H,55,64)(H,56,66). The molecule has 4 N–H and O–H groups in total. The summed E-state index contributed by atoms with van der Waals surface area (Å²) in [5.41, 5.74) is 2.31. The SMILES string of the molecule is CCc1cc(NC(=O)C(N=Nc2cc(C(=O)Nc3ccc(Cl)c(Cl)c3Cl)ccc2Cl)C(C)=O)cc(CC)c1NC(=O)C(N=Nc1cc(C(=O)Nc2ccc(Cl)c(Cl)c2Cl)ccc1Cl)C(C)=O. The second-order valence-electron chi connectivity index (χ2n) is 14.0. The molecule has 0 fully saturated rings. The molecule has 5 aromatic rings. The molecular weight excluding hydrogens is 1020 g/mol. The summed E-state index contributed by atoms with van der Waals surface area (Å²) in [7, 11) is 0. The molecule has 0 aliphatic carbocycles. The number of azo groups is 2. The summed E-state index contributed by atoms with van der Waals surface area (Å²) in [6.45, 7) is 5.94. The molecule has 5 aromatic carbocycles. The van der Waals surface area contributed by atoms with Gasteiger partial charge in [-0.25, -0.2) is 0 Å². The molecule has 0 aliphatic rings. The molecule has 66 heavy (non-hydrogen) atoms. The molecule has 0 saturated carbocycles. The van der Waals surface area contributed by atoms with E-state index >= 15 is 0 Å². The van der Waals surface area contributed by atoms with E-state index in [4.69, 9.17) is 92.8 Å². The Bertz CT molecular complexity index is 2830. The second-order valence-corrected chi connectivity index (χ2v) is 17.1. The van der Waals surface area contributed by atoms with Crippen LogP contribution >= 0.6 is 92.8 Å². The second kappa shape index (κ2) is 23.0. The highest BCUT2D eigenvalue weighted by atomic mass is 35.5. The predicted octanol–water partition coefficient (Wildman–Crippen LogP) is 13.9. The maximum Gasteiger partial charge on any atom is 0.258 e. The molecule has 0 aliphatic heterocycles. The van der Waals surface area contributed by atoms with Crippen LogP contribution in [0, 0.1) is 0 Å². The van der Waals surface area contributed by atoms with Gasteiger partial charge in [0.25, 0.3) is 23.6 Å². The molecule has 2 atom stereocenters. The number of amides is 4. The lowest BCUT2D eigenvalue weighted by molar-refractivity contribution is -0.127. The topological polar surface area (TPSA) is 200 Å². The number of nitrogens with zero attached hydrogens (tertiary/aromatic N) is 4. The van der Waals surface area contributed by atoms with Gasteiger partial charge >= 0.3 is 0 Å². The summed E-state index contributed by atoms with van der Waals surface area (Å²) in [5, 5.41) is 27.5. The normalized spacial score (nSPS) is 12.2. The number of carbonyl (C=O) groups excluding carboxylic acids is 6. The van der Waals surface area contributed by atoms with Crippen LogP contribution in [0.25, 0.3) is 0 Å². The van der Waals surface area contributed by atoms with Crippen molar-refractivity contribution >= 4 is 162 Å². The zero-order chi connectivity index (χ0) is 48.6. The van der Waals surface area contributed by atoms with E-state index in [0.29, 0.717) is 29.7 Å². The molecule has 5 rings (SSSR count). The number of ketones is 2. The minimum Gasteiger partial charge on any atom is -0.324 e. The predicted molar refractivity (Wildman–Crippen MR) is 262 cm³/mol. The molecule has 22 heteroatoms. The fourth-order valence-corrected chi connectivity index (χ4v) is 7.41. The lowest BCUT2D eigenvalue weighted by Gasteiger charge is -2.19. The number of nitrogens with one attached hydrogen (secondary N) is 4. The average molecular weight is 1050 g/mol. The van der Waals surface area contributed by atoms with Crippen molar-refractivity contribution < 1.29 is 28.8 Å². The van der Waals surface area contributed by atoms with Gasteiger partial charge in [0.05, 0.1) is 51.6 Å². The first kappa shape index (κ1) is 51.8. The van der Waals surface area contributed by atoms with Crippen LogP contribution in [0.4, 0.5) is 34.1 Å². The Morgan fingerprint density at radius 3 is 1.24 bits per heavy atom. The molecule has 0 bridgehead atoms. The Kier molecular flexibility index (Phi) is 18.1. The molecular formula is C44H34Cl8N8O6. The quantitative estimate of drug-likeness (QED) is 0.0430. The molecule has 0 aromatic heterocycles. The first-order chi connectivity index (χ1) is 31.2. The Balaban J connectivity index is 1.32. The van der Waals surface area contributed by atoms with Crippen molar-refractivity contribution in [1.29, 1.82) is 0 Å². The van der Waals surface area contributed by atoms with E-state index in [-0.39, 0.29) is 79.7 Å². The van der Waals surface area contributed by atoms with Gasteiger partial charge in [-0.15, -0.1) is 0 Å². The average Bonchev–Trinajstić information content (AvgIpc) is 3.27. The highest BCUT2D eigenvalue weighted by molar-refractivity contribution is 6.50. The van der Waals surface area contributed by atoms with E-state index in [2.05, 4.69) is 41.7 Å². The first-order valence-electron chi connectivity index (χ1n) is 19.3. The van der Waals surface area contributed by atoms with E-state index in [1.54, 1.807) is 12.1 Å². The Morgan fingerprint density at radius 2 is 0.864 bits per heavy atom. The summed E-state index contributed by atoms with van der Waals surface area (Å²) in [4.78, 5) is 78.9. The fraction of sp³-hybridized carbons (Fsp3) is 0.182. The zero-order valence-electron chi connectivity index (χ0n) is 34.8. The number of halogens is 8.